The minimum atomic E-state index is -3.55. The Bertz CT molecular complexity index is 1160. The van der Waals surface area contributed by atoms with E-state index in [1.165, 1.54) is 24.3 Å². The lowest BCUT2D eigenvalue weighted by atomic mass is 10.1. The minimum absolute atomic E-state index is 0.0239. The van der Waals surface area contributed by atoms with E-state index in [4.69, 9.17) is 16.3 Å². The van der Waals surface area contributed by atoms with Gasteiger partial charge in [0.25, 0.3) is 0 Å². The highest BCUT2D eigenvalue weighted by Crippen LogP contribution is 2.32. The van der Waals surface area contributed by atoms with Crippen molar-refractivity contribution >= 4 is 39.3 Å². The van der Waals surface area contributed by atoms with Crippen LogP contribution >= 0.6 is 11.6 Å². The summed E-state index contributed by atoms with van der Waals surface area (Å²) < 4.78 is 44.6. The maximum atomic E-state index is 13.1. The van der Waals surface area contributed by atoms with Crippen molar-refractivity contribution in [1.29, 1.82) is 0 Å². The van der Waals surface area contributed by atoms with Crippen molar-refractivity contribution in [3.63, 3.8) is 0 Å². The van der Waals surface area contributed by atoms with Crippen LogP contribution in [0.5, 0.6) is 5.75 Å². The van der Waals surface area contributed by atoms with E-state index in [9.17, 15) is 17.6 Å². The van der Waals surface area contributed by atoms with Crippen LogP contribution in [-0.4, -0.2) is 62.7 Å². The van der Waals surface area contributed by atoms with E-state index in [0.29, 0.717) is 44.1 Å². The molecule has 3 rings (SSSR count). The van der Waals surface area contributed by atoms with Gasteiger partial charge in [-0.1, -0.05) is 23.7 Å². The van der Waals surface area contributed by atoms with Crippen LogP contribution in [0.2, 0.25) is 5.02 Å². The summed E-state index contributed by atoms with van der Waals surface area (Å²) in [4.78, 5) is 16.9. The van der Waals surface area contributed by atoms with Gasteiger partial charge in [0, 0.05) is 43.9 Å². The molecule has 1 heterocycles. The summed E-state index contributed by atoms with van der Waals surface area (Å²) in [6.45, 7) is 6.80. The summed E-state index contributed by atoms with van der Waals surface area (Å²) in [6.07, 6.45) is 4.04. The molecule has 10 heteroatoms. The predicted octanol–water partition coefficient (Wildman–Crippen LogP) is 4.00. The zero-order valence-corrected chi connectivity index (χ0v) is 21.0. The maximum Gasteiger partial charge on any atom is 0.246 e. The number of sulfonamides is 1. The lowest BCUT2D eigenvalue weighted by molar-refractivity contribution is -0.130. The Balaban J connectivity index is 1.71. The lowest BCUT2D eigenvalue weighted by Crippen LogP contribution is -2.53. The Hall–Kier alpha value is -2.62. The van der Waals surface area contributed by atoms with Crippen LogP contribution in [0.1, 0.15) is 25.0 Å². The molecule has 0 aromatic heterocycles. The van der Waals surface area contributed by atoms with E-state index < -0.39 is 10.0 Å². The molecule has 1 atom stereocenters. The van der Waals surface area contributed by atoms with Gasteiger partial charge in [-0.25, -0.2) is 12.8 Å². The standard InChI is InChI=1S/C24H29ClFN3O4S/c1-4-33-23-13-19(22(14-21(23)25)27-34(3,31)32)7-10-24(30)29-12-11-28(15-17(29)2)16-18-5-8-20(26)9-6-18/h5-10,13-14,17,27H,4,11-12,15-16H2,1-3H3/b10-7+/t17-/m1/s1. The fourth-order valence-electron chi connectivity index (χ4n) is 3.87. The number of carbonyl (C=O) groups excluding carboxylic acids is 1. The number of piperazine rings is 1. The molecule has 0 aliphatic carbocycles. The van der Waals surface area contributed by atoms with Gasteiger partial charge in [0.2, 0.25) is 15.9 Å². The molecule has 1 aliphatic rings. The van der Waals surface area contributed by atoms with Crippen molar-refractivity contribution in [1.82, 2.24) is 9.80 Å². The SMILES string of the molecule is CCOc1cc(/C=C/C(=O)N2CCN(Cc3ccc(F)cc3)C[C@H]2C)c(NS(C)(=O)=O)cc1Cl. The molecule has 1 aliphatic heterocycles. The van der Waals surface area contributed by atoms with E-state index >= 15 is 0 Å². The molecule has 1 N–H and O–H groups in total. The maximum absolute atomic E-state index is 13.1. The zero-order chi connectivity index (χ0) is 24.9. The number of halogens is 2. The Morgan fingerprint density at radius 3 is 2.59 bits per heavy atom. The summed E-state index contributed by atoms with van der Waals surface area (Å²) >= 11 is 6.21. The van der Waals surface area contributed by atoms with Crippen LogP contribution in [0, 0.1) is 5.82 Å². The van der Waals surface area contributed by atoms with Crippen molar-refractivity contribution in [3.05, 3.63) is 64.4 Å². The number of anilines is 1. The third-order valence-corrected chi connectivity index (χ3v) is 6.30. The second kappa shape index (κ2) is 11.2. The molecular formula is C24H29ClFN3O4S. The van der Waals surface area contributed by atoms with Crippen molar-refractivity contribution in [2.24, 2.45) is 0 Å². The molecule has 1 amide bonds. The van der Waals surface area contributed by atoms with E-state index in [1.807, 2.05) is 13.8 Å². The Kier molecular flexibility index (Phi) is 8.57. The van der Waals surface area contributed by atoms with Gasteiger partial charge in [0.1, 0.15) is 11.6 Å². The predicted molar refractivity (Wildman–Crippen MR) is 133 cm³/mol. The number of rotatable bonds is 8. The Morgan fingerprint density at radius 2 is 1.97 bits per heavy atom. The molecule has 7 nitrogen and oxygen atoms in total. The first-order valence-corrected chi connectivity index (χ1v) is 13.2. The van der Waals surface area contributed by atoms with Gasteiger partial charge in [-0.05, 0) is 49.8 Å². The molecule has 0 radical (unpaired) electrons. The van der Waals surface area contributed by atoms with E-state index in [0.717, 1.165) is 11.8 Å². The van der Waals surface area contributed by atoms with Gasteiger partial charge >= 0.3 is 0 Å². The molecule has 0 unspecified atom stereocenters. The van der Waals surface area contributed by atoms with Crippen molar-refractivity contribution < 1.29 is 22.3 Å². The molecule has 0 saturated carbocycles. The van der Waals surface area contributed by atoms with Gasteiger partial charge < -0.3 is 9.64 Å². The Labute approximate surface area is 205 Å². The monoisotopic (exact) mass is 509 g/mol. The first-order valence-electron chi connectivity index (χ1n) is 11.0. The topological polar surface area (TPSA) is 79.0 Å². The van der Waals surface area contributed by atoms with Crippen LogP contribution < -0.4 is 9.46 Å². The summed E-state index contributed by atoms with van der Waals surface area (Å²) in [7, 11) is -3.55. The average molecular weight is 510 g/mol. The summed E-state index contributed by atoms with van der Waals surface area (Å²) in [5, 5.41) is 0.266. The van der Waals surface area contributed by atoms with Gasteiger partial charge in [0.05, 0.1) is 23.6 Å². The van der Waals surface area contributed by atoms with Gasteiger partial charge in [0.15, 0.2) is 0 Å². The van der Waals surface area contributed by atoms with E-state index in [-0.39, 0.29) is 28.5 Å². The molecule has 2 aromatic rings. The minimum Gasteiger partial charge on any atom is -0.492 e. The number of amides is 1. The second-order valence-corrected chi connectivity index (χ2v) is 10.4. The number of nitrogens with zero attached hydrogens (tertiary/aromatic N) is 2. The van der Waals surface area contributed by atoms with Gasteiger partial charge in [-0.3, -0.25) is 14.4 Å². The van der Waals surface area contributed by atoms with Crippen LogP contribution in [0.3, 0.4) is 0 Å². The third kappa shape index (κ3) is 7.19. The number of ether oxygens (including phenoxy) is 1. The zero-order valence-electron chi connectivity index (χ0n) is 19.4. The molecule has 0 bridgehead atoms. The number of carbonyl (C=O) groups is 1. The van der Waals surface area contributed by atoms with Crippen molar-refractivity contribution in [3.8, 4) is 5.75 Å². The highest BCUT2D eigenvalue weighted by atomic mass is 35.5. The van der Waals surface area contributed by atoms with Gasteiger partial charge in [-0.2, -0.15) is 0 Å². The largest absolute Gasteiger partial charge is 0.492 e. The summed E-state index contributed by atoms with van der Waals surface area (Å²) in [5.41, 5.74) is 1.75. The molecule has 34 heavy (non-hydrogen) atoms. The number of hydrogen-bond donors (Lipinski definition) is 1. The second-order valence-electron chi connectivity index (χ2n) is 8.25. The van der Waals surface area contributed by atoms with E-state index in [2.05, 4.69) is 9.62 Å². The van der Waals surface area contributed by atoms with Crippen LogP contribution in [-0.2, 0) is 21.4 Å². The van der Waals surface area contributed by atoms with Crippen LogP contribution in [0.4, 0.5) is 10.1 Å². The fourth-order valence-corrected chi connectivity index (χ4v) is 4.66. The smallest absolute Gasteiger partial charge is 0.246 e. The number of nitrogens with one attached hydrogen (secondary N) is 1. The first-order chi connectivity index (χ1) is 16.1. The molecule has 2 aromatic carbocycles. The third-order valence-electron chi connectivity index (χ3n) is 5.42. The van der Waals surface area contributed by atoms with E-state index in [1.54, 1.807) is 29.2 Å². The highest BCUT2D eigenvalue weighted by Gasteiger charge is 2.26. The summed E-state index contributed by atoms with van der Waals surface area (Å²) in [6, 6.07) is 9.48. The van der Waals surface area contributed by atoms with Crippen molar-refractivity contribution in [2.45, 2.75) is 26.4 Å². The molecule has 1 saturated heterocycles. The molecule has 1 fully saturated rings. The lowest BCUT2D eigenvalue weighted by Gasteiger charge is -2.39. The normalized spacial score (nSPS) is 17.2. The quantitative estimate of drug-likeness (QED) is 0.544. The number of benzene rings is 2. The first kappa shape index (κ1) is 26.0. The van der Waals surface area contributed by atoms with Crippen LogP contribution in [0.15, 0.2) is 42.5 Å². The molecule has 0 spiro atoms. The Morgan fingerprint density at radius 1 is 1.26 bits per heavy atom. The average Bonchev–Trinajstić information content (AvgIpc) is 2.75. The highest BCUT2D eigenvalue weighted by molar-refractivity contribution is 7.92. The van der Waals surface area contributed by atoms with Crippen LogP contribution in [0.25, 0.3) is 6.08 Å². The molecular weight excluding hydrogens is 481 g/mol. The van der Waals surface area contributed by atoms with Crippen molar-refractivity contribution in [2.75, 3.05) is 37.2 Å². The molecule has 184 valence electrons. The van der Waals surface area contributed by atoms with Gasteiger partial charge in [-0.15, -0.1) is 0 Å². The number of hydrogen-bond acceptors (Lipinski definition) is 5. The fraction of sp³-hybridized carbons (Fsp3) is 0.375. The summed E-state index contributed by atoms with van der Waals surface area (Å²) in [5.74, 6) is -0.0338.